The number of carboxylic acid groups (broad SMARTS) is 1. The number of piperidine rings is 1. The van der Waals surface area contributed by atoms with Gasteiger partial charge in [0.2, 0.25) is 11.8 Å². The lowest BCUT2D eigenvalue weighted by atomic mass is 9.97. The number of rotatable bonds is 13. The summed E-state index contributed by atoms with van der Waals surface area (Å²) in [7, 11) is 0. The van der Waals surface area contributed by atoms with Crippen LogP contribution in [0.4, 0.5) is 0 Å². The molecule has 2 aromatic carbocycles. The first-order chi connectivity index (χ1) is 19.9. The number of benzene rings is 2. The van der Waals surface area contributed by atoms with Gasteiger partial charge in [0, 0.05) is 36.5 Å². The van der Waals surface area contributed by atoms with E-state index in [1.165, 1.54) is 12.8 Å². The Balaban J connectivity index is 0.00000226. The Labute approximate surface area is 242 Å². The third-order valence-electron chi connectivity index (χ3n) is 7.28. The van der Waals surface area contributed by atoms with Crippen LogP contribution >= 0.6 is 0 Å². The lowest BCUT2D eigenvalue weighted by Gasteiger charge is -2.22. The van der Waals surface area contributed by atoms with Crippen molar-refractivity contribution in [1.82, 2.24) is 20.9 Å². The van der Waals surface area contributed by atoms with E-state index in [0.717, 1.165) is 52.9 Å². The maximum Gasteiger partial charge on any atom is 0.303 e. The molecule has 4 rings (SSSR count). The summed E-state index contributed by atoms with van der Waals surface area (Å²) in [5.41, 5.74) is 3.79. The van der Waals surface area contributed by atoms with E-state index < -0.39 is 17.9 Å². The van der Waals surface area contributed by atoms with Gasteiger partial charge in [0.05, 0.1) is 13.0 Å². The SMILES string of the molecule is CC.Cc1ccc(OCCC2CCCNC2)cc1CNC(=O)C(Cc1c[nH]c2ccccc12)NC(=O)CCC(=O)O. The number of hydrogen-bond acceptors (Lipinski definition) is 5. The highest BCUT2D eigenvalue weighted by Crippen LogP contribution is 2.21. The molecule has 222 valence electrons. The monoisotopic (exact) mass is 564 g/mol. The molecule has 0 aliphatic carbocycles. The molecule has 0 radical (unpaired) electrons. The topological polar surface area (TPSA) is 133 Å². The maximum absolute atomic E-state index is 13.3. The third-order valence-corrected chi connectivity index (χ3v) is 7.28. The number of H-pyrrole nitrogens is 1. The Morgan fingerprint density at radius 1 is 1.10 bits per heavy atom. The number of fused-ring (bicyclic) bond motifs is 1. The van der Waals surface area contributed by atoms with Crippen LogP contribution in [0.2, 0.25) is 0 Å². The van der Waals surface area contributed by atoms with E-state index in [4.69, 9.17) is 9.84 Å². The van der Waals surface area contributed by atoms with Gasteiger partial charge in [0.25, 0.3) is 0 Å². The number of carbonyl (C=O) groups excluding carboxylic acids is 2. The summed E-state index contributed by atoms with van der Waals surface area (Å²) >= 11 is 0. The molecule has 1 fully saturated rings. The molecule has 0 bridgehead atoms. The normalized spacial score (nSPS) is 15.3. The molecule has 9 heteroatoms. The van der Waals surface area contributed by atoms with Crippen molar-refractivity contribution >= 4 is 28.7 Å². The number of hydrogen-bond donors (Lipinski definition) is 5. The van der Waals surface area contributed by atoms with Crippen LogP contribution in [-0.4, -0.2) is 53.6 Å². The molecular formula is C32H44N4O5. The largest absolute Gasteiger partial charge is 0.494 e. The number of aryl methyl sites for hydroxylation is 1. The Morgan fingerprint density at radius 2 is 1.90 bits per heavy atom. The minimum Gasteiger partial charge on any atom is -0.494 e. The van der Waals surface area contributed by atoms with Gasteiger partial charge >= 0.3 is 5.97 Å². The summed E-state index contributed by atoms with van der Waals surface area (Å²) in [5, 5.41) is 19.0. The Bertz CT molecular complexity index is 1280. The van der Waals surface area contributed by atoms with Crippen LogP contribution in [0.1, 0.15) is 62.6 Å². The van der Waals surface area contributed by atoms with Crippen LogP contribution in [0.3, 0.4) is 0 Å². The fraction of sp³-hybridized carbons (Fsp3) is 0.469. The number of carbonyl (C=O) groups is 3. The molecule has 9 nitrogen and oxygen atoms in total. The highest BCUT2D eigenvalue weighted by atomic mass is 16.5. The fourth-order valence-electron chi connectivity index (χ4n) is 4.96. The van der Waals surface area contributed by atoms with Gasteiger partial charge in [0.1, 0.15) is 11.8 Å². The van der Waals surface area contributed by atoms with Crippen molar-refractivity contribution in [1.29, 1.82) is 0 Å². The molecule has 2 heterocycles. The van der Waals surface area contributed by atoms with E-state index in [1.807, 2.05) is 69.4 Å². The molecule has 5 N–H and O–H groups in total. The van der Waals surface area contributed by atoms with Gasteiger partial charge in [-0.05, 0) is 80.1 Å². The third kappa shape index (κ3) is 9.93. The summed E-state index contributed by atoms with van der Waals surface area (Å²) in [6, 6.07) is 12.8. The summed E-state index contributed by atoms with van der Waals surface area (Å²) in [5.74, 6) is -0.457. The number of aromatic nitrogens is 1. The molecule has 0 spiro atoms. The van der Waals surface area contributed by atoms with Gasteiger partial charge in [-0.15, -0.1) is 0 Å². The quantitative estimate of drug-likeness (QED) is 0.208. The summed E-state index contributed by atoms with van der Waals surface area (Å²) in [6.07, 6.45) is 5.06. The zero-order chi connectivity index (χ0) is 29.6. The number of aromatic amines is 1. The number of para-hydroxylation sites is 1. The predicted molar refractivity (Wildman–Crippen MR) is 161 cm³/mol. The van der Waals surface area contributed by atoms with Crippen molar-refractivity contribution in [3.63, 3.8) is 0 Å². The van der Waals surface area contributed by atoms with Crippen molar-refractivity contribution < 1.29 is 24.2 Å². The van der Waals surface area contributed by atoms with Crippen molar-refractivity contribution in [3.8, 4) is 5.75 Å². The van der Waals surface area contributed by atoms with Gasteiger partial charge < -0.3 is 30.8 Å². The summed E-state index contributed by atoms with van der Waals surface area (Å²) in [4.78, 5) is 39.9. The molecule has 2 atom stereocenters. The molecule has 41 heavy (non-hydrogen) atoms. The van der Waals surface area contributed by atoms with Crippen molar-refractivity contribution in [3.05, 3.63) is 65.4 Å². The van der Waals surface area contributed by atoms with E-state index in [9.17, 15) is 14.4 Å². The number of carboxylic acids is 1. The minimum atomic E-state index is -1.06. The smallest absolute Gasteiger partial charge is 0.303 e. The van der Waals surface area contributed by atoms with Crippen molar-refractivity contribution in [2.45, 2.75) is 71.9 Å². The first-order valence-corrected chi connectivity index (χ1v) is 14.7. The fourth-order valence-corrected chi connectivity index (χ4v) is 4.96. The first-order valence-electron chi connectivity index (χ1n) is 14.7. The standard InChI is InChI=1S/C30H38N4O5.C2H6/c1-20-8-9-24(39-14-12-21-5-4-13-31-17-21)15-22(20)18-33-30(38)27(34-28(35)10-11-29(36)37)16-23-19-32-26-7-3-2-6-25(23)26;1-2/h2-3,6-9,15,19,21,27,31-32H,4-5,10-14,16-18H2,1H3,(H,33,38)(H,34,35)(H,36,37);1-2H3. The van der Waals surface area contributed by atoms with E-state index in [-0.39, 0.29) is 31.7 Å². The van der Waals surface area contributed by atoms with Crippen LogP contribution in [-0.2, 0) is 27.3 Å². The van der Waals surface area contributed by atoms with E-state index in [2.05, 4.69) is 20.9 Å². The highest BCUT2D eigenvalue weighted by Gasteiger charge is 2.23. The van der Waals surface area contributed by atoms with Crippen LogP contribution in [0.5, 0.6) is 5.75 Å². The van der Waals surface area contributed by atoms with Crippen LogP contribution < -0.4 is 20.7 Å². The molecule has 1 aliphatic rings. The molecule has 3 aromatic rings. The second-order valence-corrected chi connectivity index (χ2v) is 10.2. The Morgan fingerprint density at radius 3 is 2.66 bits per heavy atom. The predicted octanol–water partition coefficient (Wildman–Crippen LogP) is 4.48. The van der Waals surface area contributed by atoms with Crippen LogP contribution in [0.25, 0.3) is 10.9 Å². The highest BCUT2D eigenvalue weighted by molar-refractivity contribution is 5.90. The van der Waals surface area contributed by atoms with E-state index >= 15 is 0 Å². The lowest BCUT2D eigenvalue weighted by molar-refractivity contribution is -0.139. The Kier molecular flexibility index (Phi) is 12.7. The number of amides is 2. The first kappa shape index (κ1) is 31.7. The second kappa shape index (κ2) is 16.4. The van der Waals surface area contributed by atoms with Gasteiger partial charge in [0.15, 0.2) is 0 Å². The Hall–Kier alpha value is -3.85. The molecule has 2 amide bonds. The minimum absolute atomic E-state index is 0.192. The van der Waals surface area contributed by atoms with Crippen LogP contribution in [0, 0.1) is 12.8 Å². The molecule has 1 aliphatic heterocycles. The van der Waals surface area contributed by atoms with Gasteiger partial charge in [-0.25, -0.2) is 0 Å². The number of nitrogens with one attached hydrogen (secondary N) is 4. The van der Waals surface area contributed by atoms with Gasteiger partial charge in [-0.3, -0.25) is 14.4 Å². The van der Waals surface area contributed by atoms with E-state index in [0.29, 0.717) is 12.5 Å². The number of aliphatic carboxylic acids is 1. The van der Waals surface area contributed by atoms with Crippen LogP contribution in [0.15, 0.2) is 48.7 Å². The summed E-state index contributed by atoms with van der Waals surface area (Å²) in [6.45, 7) is 9.05. The zero-order valence-corrected chi connectivity index (χ0v) is 24.4. The maximum atomic E-state index is 13.3. The molecule has 0 saturated carbocycles. The average molecular weight is 565 g/mol. The van der Waals surface area contributed by atoms with Crippen molar-refractivity contribution in [2.24, 2.45) is 5.92 Å². The lowest BCUT2D eigenvalue weighted by Crippen LogP contribution is -2.47. The molecule has 1 aromatic heterocycles. The molecule has 2 unspecified atom stereocenters. The molecular weight excluding hydrogens is 520 g/mol. The van der Waals surface area contributed by atoms with Crippen molar-refractivity contribution in [2.75, 3.05) is 19.7 Å². The average Bonchev–Trinajstić information content (AvgIpc) is 3.40. The molecule has 1 saturated heterocycles. The zero-order valence-electron chi connectivity index (χ0n) is 24.4. The number of ether oxygens (including phenoxy) is 1. The van der Waals surface area contributed by atoms with E-state index in [1.54, 1.807) is 0 Å². The second-order valence-electron chi connectivity index (χ2n) is 10.2. The van der Waals surface area contributed by atoms with Gasteiger partial charge in [-0.1, -0.05) is 38.1 Å². The van der Waals surface area contributed by atoms with Gasteiger partial charge in [-0.2, -0.15) is 0 Å². The summed E-state index contributed by atoms with van der Waals surface area (Å²) < 4.78 is 6.02.